The fourth-order valence-corrected chi connectivity index (χ4v) is 3.83. The first-order chi connectivity index (χ1) is 14.8. The third-order valence-corrected chi connectivity index (χ3v) is 5.46. The fraction of sp³-hybridized carbons (Fsp3) is 0.522. The highest BCUT2D eigenvalue weighted by Gasteiger charge is 2.42. The quantitative estimate of drug-likeness (QED) is 0.452. The molecule has 1 aliphatic rings. The number of esters is 1. The minimum absolute atomic E-state index is 0.0338. The molecule has 8 nitrogen and oxygen atoms in total. The van der Waals surface area contributed by atoms with Gasteiger partial charge in [0.05, 0.1) is 25.1 Å². The third-order valence-electron chi connectivity index (χ3n) is 5.46. The zero-order valence-corrected chi connectivity index (χ0v) is 18.2. The van der Waals surface area contributed by atoms with Crippen molar-refractivity contribution in [2.24, 2.45) is 11.8 Å². The van der Waals surface area contributed by atoms with Crippen LogP contribution in [0.4, 0.5) is 0 Å². The van der Waals surface area contributed by atoms with Gasteiger partial charge in [-0.25, -0.2) is 0 Å². The summed E-state index contributed by atoms with van der Waals surface area (Å²) in [5.41, 5.74) is 0.622. The maximum absolute atomic E-state index is 13.0. The summed E-state index contributed by atoms with van der Waals surface area (Å²) in [4.78, 5) is 39.6. The number of nitrogens with one attached hydrogen (secondary N) is 1. The van der Waals surface area contributed by atoms with Gasteiger partial charge in [-0.15, -0.1) is 0 Å². The minimum atomic E-state index is -1.23. The monoisotopic (exact) mass is 427 g/mol. The summed E-state index contributed by atoms with van der Waals surface area (Å²) >= 11 is 0. The molecule has 166 valence electrons. The van der Waals surface area contributed by atoms with E-state index < -0.39 is 36.2 Å². The molecule has 1 aliphatic heterocycles. The Labute approximate surface area is 182 Å². The molecule has 1 aromatic rings. The van der Waals surface area contributed by atoms with Gasteiger partial charge in [0.25, 0.3) is 0 Å². The van der Waals surface area contributed by atoms with Crippen molar-refractivity contribution >= 4 is 23.4 Å². The number of methoxy groups -OCH3 is 1. The van der Waals surface area contributed by atoms with Crippen LogP contribution in [0.2, 0.25) is 0 Å². The normalized spacial score (nSPS) is 19.3. The van der Waals surface area contributed by atoms with E-state index in [2.05, 4.69) is 0 Å². The lowest BCUT2D eigenvalue weighted by atomic mass is 9.83. The Bertz CT molecular complexity index is 876. The number of nitrogens with zero attached hydrogens (tertiary/aromatic N) is 2. The molecule has 0 saturated carbocycles. The number of amides is 1. The van der Waals surface area contributed by atoms with Crippen LogP contribution in [-0.4, -0.2) is 48.5 Å². The van der Waals surface area contributed by atoms with E-state index in [4.69, 9.17) is 20.1 Å². The molecule has 1 N–H and O–H groups in total. The topological polar surface area (TPSA) is 121 Å². The van der Waals surface area contributed by atoms with Gasteiger partial charge < -0.3 is 19.8 Å². The molecule has 0 bridgehead atoms. The van der Waals surface area contributed by atoms with Crippen LogP contribution in [0.5, 0.6) is 5.75 Å². The predicted molar refractivity (Wildman–Crippen MR) is 114 cm³/mol. The summed E-state index contributed by atoms with van der Waals surface area (Å²) in [6.07, 6.45) is 2.19. The molecule has 1 amide bonds. The first kappa shape index (κ1) is 24.1. The highest BCUT2D eigenvalue weighted by Crippen LogP contribution is 2.41. The van der Waals surface area contributed by atoms with Crippen LogP contribution in [0.1, 0.15) is 51.1 Å². The van der Waals surface area contributed by atoms with Gasteiger partial charge in [0, 0.05) is 24.2 Å². The first-order valence-electron chi connectivity index (χ1n) is 10.4. The number of hydrogen-bond donors (Lipinski definition) is 1. The highest BCUT2D eigenvalue weighted by atomic mass is 16.5. The van der Waals surface area contributed by atoms with Crippen molar-refractivity contribution < 1.29 is 23.9 Å². The van der Waals surface area contributed by atoms with Crippen molar-refractivity contribution in [2.45, 2.75) is 45.6 Å². The molecule has 1 heterocycles. The Morgan fingerprint density at radius 1 is 1.35 bits per heavy atom. The number of benzene rings is 1. The van der Waals surface area contributed by atoms with Crippen LogP contribution in [0.3, 0.4) is 0 Å². The zero-order chi connectivity index (χ0) is 23.0. The summed E-state index contributed by atoms with van der Waals surface area (Å²) in [5, 5.41) is 16.6. The Hall–Kier alpha value is -3.21. The van der Waals surface area contributed by atoms with Gasteiger partial charge in [-0.1, -0.05) is 31.5 Å². The largest absolute Gasteiger partial charge is 0.496 e. The maximum atomic E-state index is 13.0. The molecular weight excluding hydrogens is 398 g/mol. The summed E-state index contributed by atoms with van der Waals surface area (Å²) in [6.45, 7) is 3.32. The number of likely N-dealkylation sites (tertiary alicyclic amines) is 1. The lowest BCUT2D eigenvalue weighted by Crippen LogP contribution is -2.46. The Balaban J connectivity index is 2.31. The molecule has 31 heavy (non-hydrogen) atoms. The summed E-state index contributed by atoms with van der Waals surface area (Å²) in [6, 6.07) is 8.44. The summed E-state index contributed by atoms with van der Waals surface area (Å²) in [5.74, 6) is -2.59. The maximum Gasteiger partial charge on any atom is 0.311 e. The molecule has 0 spiro atoms. The second-order valence-corrected chi connectivity index (χ2v) is 7.59. The number of rotatable bonds is 10. The van der Waals surface area contributed by atoms with Gasteiger partial charge >= 0.3 is 5.97 Å². The molecule has 8 heteroatoms. The first-order valence-corrected chi connectivity index (χ1v) is 10.4. The number of unbranched alkanes of at least 4 members (excludes halogenated alkanes) is 1. The van der Waals surface area contributed by atoms with E-state index >= 15 is 0 Å². The smallest absolute Gasteiger partial charge is 0.311 e. The summed E-state index contributed by atoms with van der Waals surface area (Å²) < 4.78 is 10.8. The Morgan fingerprint density at radius 3 is 2.68 bits per heavy atom. The average Bonchev–Trinajstić information content (AvgIpc) is 2.76. The molecule has 3 atom stereocenters. The molecule has 2 rings (SSSR count). The van der Waals surface area contributed by atoms with Gasteiger partial charge in [0.15, 0.2) is 12.4 Å². The number of nitriles is 1. The van der Waals surface area contributed by atoms with Gasteiger partial charge in [-0.05, 0) is 25.8 Å². The van der Waals surface area contributed by atoms with E-state index in [-0.39, 0.29) is 18.0 Å². The van der Waals surface area contributed by atoms with Crippen molar-refractivity contribution in [3.63, 3.8) is 0 Å². The second-order valence-electron chi connectivity index (χ2n) is 7.59. The van der Waals surface area contributed by atoms with Crippen molar-refractivity contribution in [3.05, 3.63) is 29.8 Å². The average molecular weight is 428 g/mol. The zero-order valence-electron chi connectivity index (χ0n) is 18.2. The fourth-order valence-electron chi connectivity index (χ4n) is 3.83. The van der Waals surface area contributed by atoms with Crippen LogP contribution in [-0.2, 0) is 19.1 Å². The second kappa shape index (κ2) is 11.3. The molecule has 1 saturated heterocycles. The van der Waals surface area contributed by atoms with Crippen LogP contribution in [0.15, 0.2) is 24.3 Å². The number of ketones is 1. The van der Waals surface area contributed by atoms with E-state index in [0.29, 0.717) is 24.3 Å². The SMILES string of the molecule is CCCCN1C(=O)CC[C@H](C(=O)OCC(=O)[C@@H](C#N)C(C)=N)[C@H]1c1ccccc1OC. The van der Waals surface area contributed by atoms with E-state index in [1.54, 1.807) is 17.0 Å². The van der Waals surface area contributed by atoms with Gasteiger partial charge in [0.2, 0.25) is 5.91 Å². The molecular formula is C23H29N3O5. The van der Waals surface area contributed by atoms with E-state index in [1.807, 2.05) is 25.1 Å². The van der Waals surface area contributed by atoms with Crippen molar-refractivity contribution in [2.75, 3.05) is 20.3 Å². The third kappa shape index (κ3) is 5.69. The molecule has 0 aliphatic carbocycles. The van der Waals surface area contributed by atoms with E-state index in [1.165, 1.54) is 14.0 Å². The van der Waals surface area contributed by atoms with E-state index in [9.17, 15) is 14.4 Å². The van der Waals surface area contributed by atoms with Crippen LogP contribution >= 0.6 is 0 Å². The van der Waals surface area contributed by atoms with Gasteiger partial charge in [-0.2, -0.15) is 5.26 Å². The van der Waals surface area contributed by atoms with Crippen molar-refractivity contribution in [1.29, 1.82) is 10.7 Å². The minimum Gasteiger partial charge on any atom is -0.496 e. The number of Topliss-reactive ketones (excluding diaryl/α,β-unsaturated/α-hetero) is 1. The molecule has 0 unspecified atom stereocenters. The number of hydrogen-bond acceptors (Lipinski definition) is 7. The van der Waals surface area contributed by atoms with Crippen LogP contribution < -0.4 is 4.74 Å². The molecule has 0 radical (unpaired) electrons. The number of ether oxygens (including phenoxy) is 2. The predicted octanol–water partition coefficient (Wildman–Crippen LogP) is 3.07. The number of piperidine rings is 1. The van der Waals surface area contributed by atoms with E-state index in [0.717, 1.165) is 12.8 Å². The van der Waals surface area contributed by atoms with Gasteiger partial charge in [0.1, 0.15) is 11.7 Å². The molecule has 0 aromatic heterocycles. The van der Waals surface area contributed by atoms with Crippen molar-refractivity contribution in [1.82, 2.24) is 4.90 Å². The number of carbonyl (C=O) groups excluding carboxylic acids is 3. The molecule has 1 fully saturated rings. The standard InChI is InChI=1S/C23H29N3O5/c1-4-5-12-26-21(28)11-10-17(22(26)16-8-6-7-9-20(16)30-3)23(29)31-14-19(27)18(13-24)15(2)25/h6-9,17-18,22,25H,4-5,10-12,14H2,1-3H3/t17-,18-,22+/m0/s1. The lowest BCUT2D eigenvalue weighted by molar-refractivity contribution is -0.159. The Kier molecular flexibility index (Phi) is 8.74. The highest BCUT2D eigenvalue weighted by molar-refractivity contribution is 6.06. The molecule has 1 aromatic carbocycles. The van der Waals surface area contributed by atoms with Gasteiger partial charge in [-0.3, -0.25) is 14.4 Å². The number of carbonyl (C=O) groups is 3. The van der Waals surface area contributed by atoms with Crippen LogP contribution in [0, 0.1) is 28.6 Å². The van der Waals surface area contributed by atoms with Crippen LogP contribution in [0.25, 0.3) is 0 Å². The van der Waals surface area contributed by atoms with Crippen molar-refractivity contribution in [3.8, 4) is 11.8 Å². The summed E-state index contributed by atoms with van der Waals surface area (Å²) in [7, 11) is 1.54. The lowest BCUT2D eigenvalue weighted by Gasteiger charge is -2.40. The number of para-hydroxylation sites is 1. The Morgan fingerprint density at radius 2 is 2.06 bits per heavy atom.